The molecule has 2 fully saturated rings. The fraction of sp³-hybridized carbons (Fsp3) is 0.636. The van der Waals surface area contributed by atoms with Crippen LogP contribution in [-0.2, 0) is 4.79 Å². The molecule has 146 valence electrons. The van der Waals surface area contributed by atoms with Crippen LogP contribution in [-0.4, -0.2) is 58.4 Å². The van der Waals surface area contributed by atoms with E-state index in [9.17, 15) is 4.79 Å². The number of nitrogens with zero attached hydrogens (tertiary/aromatic N) is 3. The van der Waals surface area contributed by atoms with Crippen LogP contribution in [0.15, 0.2) is 12.1 Å². The molecule has 0 bridgehead atoms. The molecule has 2 aliphatic heterocycles. The molecule has 27 heavy (non-hydrogen) atoms. The van der Waals surface area contributed by atoms with Crippen molar-refractivity contribution in [2.75, 3.05) is 32.7 Å². The summed E-state index contributed by atoms with van der Waals surface area (Å²) in [4.78, 5) is 25.4. The molecule has 2 saturated heterocycles. The molecule has 0 unspecified atom stereocenters. The maximum absolute atomic E-state index is 12.6. The average Bonchev–Trinajstić information content (AvgIpc) is 2.88. The summed E-state index contributed by atoms with van der Waals surface area (Å²) in [6.45, 7) is 8.75. The van der Waals surface area contributed by atoms with Gasteiger partial charge in [0.25, 0.3) is 0 Å². The third-order valence-electron chi connectivity index (χ3n) is 6.41. The van der Waals surface area contributed by atoms with Gasteiger partial charge >= 0.3 is 0 Å². The molecule has 0 saturated carbocycles. The number of aromatic amines is 1. The van der Waals surface area contributed by atoms with E-state index in [1.54, 1.807) is 0 Å². The number of rotatable bonds is 3. The van der Waals surface area contributed by atoms with E-state index in [0.29, 0.717) is 18.4 Å². The first kappa shape index (κ1) is 18.5. The van der Waals surface area contributed by atoms with Crippen LogP contribution in [0.25, 0.3) is 11.0 Å². The number of fused-ring (bicyclic) bond motifs is 1. The number of carbonyl (C=O) groups is 1. The number of piperidine rings is 1. The molecule has 1 aromatic carbocycles. The predicted octanol–water partition coefficient (Wildman–Crippen LogP) is 3.76. The summed E-state index contributed by atoms with van der Waals surface area (Å²) in [6.07, 6.45) is 7.02. The second-order valence-electron chi connectivity index (χ2n) is 8.42. The molecule has 0 spiro atoms. The highest BCUT2D eigenvalue weighted by Gasteiger charge is 2.26. The quantitative estimate of drug-likeness (QED) is 0.897. The number of aromatic nitrogens is 2. The molecule has 1 amide bonds. The first-order chi connectivity index (χ1) is 13.1. The van der Waals surface area contributed by atoms with Crippen LogP contribution in [0.5, 0.6) is 0 Å². The van der Waals surface area contributed by atoms with E-state index < -0.39 is 0 Å². The lowest BCUT2D eigenvalue weighted by atomic mass is 9.96. The molecule has 5 heteroatoms. The number of amides is 1. The van der Waals surface area contributed by atoms with Gasteiger partial charge in [-0.2, -0.15) is 0 Å². The maximum Gasteiger partial charge on any atom is 0.236 e. The molecule has 3 heterocycles. The summed E-state index contributed by atoms with van der Waals surface area (Å²) in [7, 11) is 0. The second kappa shape index (κ2) is 8.01. The van der Waals surface area contributed by atoms with Gasteiger partial charge in [0.2, 0.25) is 5.91 Å². The molecule has 0 radical (unpaired) electrons. The number of likely N-dealkylation sites (tertiary alicyclic amines) is 2. The Morgan fingerprint density at radius 1 is 1.04 bits per heavy atom. The molecular weight excluding hydrogens is 336 g/mol. The van der Waals surface area contributed by atoms with Gasteiger partial charge in [0, 0.05) is 19.0 Å². The Hall–Kier alpha value is -1.88. The Labute approximate surface area is 162 Å². The standard InChI is InChI=1S/C22H32N4O/c1-16-13-19-20(14-17(16)2)24-22(23-19)18-7-11-25(12-8-18)15-21(27)26-9-5-3-4-6-10-26/h13-14,18H,3-12,15H2,1-2H3,(H,23,24). The van der Waals surface area contributed by atoms with Crippen molar-refractivity contribution in [2.45, 2.75) is 58.3 Å². The minimum Gasteiger partial charge on any atom is -0.342 e. The molecule has 1 N–H and O–H groups in total. The highest BCUT2D eigenvalue weighted by molar-refractivity contribution is 5.78. The Bertz CT molecular complexity index is 757. The van der Waals surface area contributed by atoms with Crippen LogP contribution in [0.4, 0.5) is 0 Å². The summed E-state index contributed by atoms with van der Waals surface area (Å²) in [6, 6.07) is 4.38. The zero-order valence-electron chi connectivity index (χ0n) is 16.8. The van der Waals surface area contributed by atoms with Gasteiger partial charge in [0.1, 0.15) is 5.82 Å². The lowest BCUT2D eigenvalue weighted by Crippen LogP contribution is -2.43. The van der Waals surface area contributed by atoms with E-state index >= 15 is 0 Å². The third-order valence-corrected chi connectivity index (χ3v) is 6.41. The van der Waals surface area contributed by atoms with E-state index in [1.165, 1.54) is 36.8 Å². The van der Waals surface area contributed by atoms with Gasteiger partial charge in [0.15, 0.2) is 0 Å². The molecule has 5 nitrogen and oxygen atoms in total. The number of benzene rings is 1. The first-order valence-corrected chi connectivity index (χ1v) is 10.6. The molecular formula is C22H32N4O. The fourth-order valence-corrected chi connectivity index (χ4v) is 4.46. The van der Waals surface area contributed by atoms with E-state index in [2.05, 4.69) is 40.8 Å². The largest absolute Gasteiger partial charge is 0.342 e. The Morgan fingerprint density at radius 3 is 2.41 bits per heavy atom. The van der Waals surface area contributed by atoms with Crippen molar-refractivity contribution in [1.29, 1.82) is 0 Å². The number of H-pyrrole nitrogens is 1. The molecule has 2 aliphatic rings. The maximum atomic E-state index is 12.6. The number of aryl methyl sites for hydroxylation is 2. The molecule has 2 aromatic rings. The Balaban J connectivity index is 1.34. The first-order valence-electron chi connectivity index (χ1n) is 10.6. The minimum atomic E-state index is 0.324. The van der Waals surface area contributed by atoms with Gasteiger partial charge in [-0.3, -0.25) is 9.69 Å². The molecule has 4 rings (SSSR count). The van der Waals surface area contributed by atoms with Gasteiger partial charge in [0.05, 0.1) is 17.6 Å². The smallest absolute Gasteiger partial charge is 0.236 e. The van der Waals surface area contributed by atoms with Crippen LogP contribution in [0, 0.1) is 13.8 Å². The van der Waals surface area contributed by atoms with Crippen molar-refractivity contribution in [3.8, 4) is 0 Å². The van der Waals surface area contributed by atoms with Crippen LogP contribution in [0.2, 0.25) is 0 Å². The monoisotopic (exact) mass is 368 g/mol. The third kappa shape index (κ3) is 4.18. The number of hydrogen-bond donors (Lipinski definition) is 1. The second-order valence-corrected chi connectivity index (χ2v) is 8.42. The lowest BCUT2D eigenvalue weighted by Gasteiger charge is -2.32. The number of nitrogens with one attached hydrogen (secondary N) is 1. The van der Waals surface area contributed by atoms with Crippen molar-refractivity contribution < 1.29 is 4.79 Å². The Morgan fingerprint density at radius 2 is 1.70 bits per heavy atom. The van der Waals surface area contributed by atoms with Crippen molar-refractivity contribution in [3.05, 3.63) is 29.1 Å². The van der Waals surface area contributed by atoms with Crippen molar-refractivity contribution >= 4 is 16.9 Å². The molecule has 0 atom stereocenters. The van der Waals surface area contributed by atoms with E-state index in [0.717, 1.165) is 55.9 Å². The van der Waals surface area contributed by atoms with E-state index in [-0.39, 0.29) is 0 Å². The average molecular weight is 369 g/mol. The van der Waals surface area contributed by atoms with Gasteiger partial charge in [-0.25, -0.2) is 4.98 Å². The normalized spacial score (nSPS) is 20.1. The highest BCUT2D eigenvalue weighted by Crippen LogP contribution is 2.28. The van der Waals surface area contributed by atoms with E-state index in [4.69, 9.17) is 4.98 Å². The molecule has 0 aliphatic carbocycles. The van der Waals surface area contributed by atoms with Gasteiger partial charge in [-0.05, 0) is 75.9 Å². The number of hydrogen-bond acceptors (Lipinski definition) is 3. The summed E-state index contributed by atoms with van der Waals surface area (Å²) < 4.78 is 0. The van der Waals surface area contributed by atoms with Crippen LogP contribution >= 0.6 is 0 Å². The van der Waals surface area contributed by atoms with Gasteiger partial charge in [-0.15, -0.1) is 0 Å². The van der Waals surface area contributed by atoms with Crippen molar-refractivity contribution in [2.24, 2.45) is 0 Å². The predicted molar refractivity (Wildman–Crippen MR) is 109 cm³/mol. The Kier molecular flexibility index (Phi) is 5.48. The summed E-state index contributed by atoms with van der Waals surface area (Å²) in [5.74, 6) is 1.92. The number of carbonyl (C=O) groups excluding carboxylic acids is 1. The summed E-state index contributed by atoms with van der Waals surface area (Å²) >= 11 is 0. The fourth-order valence-electron chi connectivity index (χ4n) is 4.46. The minimum absolute atomic E-state index is 0.324. The zero-order chi connectivity index (χ0) is 18.8. The van der Waals surface area contributed by atoms with Gasteiger partial charge in [-0.1, -0.05) is 12.8 Å². The van der Waals surface area contributed by atoms with Gasteiger partial charge < -0.3 is 9.88 Å². The summed E-state index contributed by atoms with van der Waals surface area (Å²) in [5.41, 5.74) is 4.82. The molecule has 1 aromatic heterocycles. The van der Waals surface area contributed by atoms with E-state index in [1.807, 2.05) is 0 Å². The highest BCUT2D eigenvalue weighted by atomic mass is 16.2. The summed E-state index contributed by atoms with van der Waals surface area (Å²) in [5, 5.41) is 0. The van der Waals surface area contributed by atoms with Crippen LogP contribution < -0.4 is 0 Å². The SMILES string of the molecule is Cc1cc2nc(C3CCN(CC(=O)N4CCCCCC4)CC3)[nH]c2cc1C. The zero-order valence-corrected chi connectivity index (χ0v) is 16.8. The van der Waals surface area contributed by atoms with Crippen molar-refractivity contribution in [3.63, 3.8) is 0 Å². The van der Waals surface area contributed by atoms with Crippen LogP contribution in [0.1, 0.15) is 61.4 Å². The van der Waals surface area contributed by atoms with Crippen LogP contribution in [0.3, 0.4) is 0 Å². The lowest BCUT2D eigenvalue weighted by molar-refractivity contribution is -0.132. The number of imidazole rings is 1. The van der Waals surface area contributed by atoms with Crippen molar-refractivity contribution in [1.82, 2.24) is 19.8 Å². The topological polar surface area (TPSA) is 52.2 Å².